The lowest BCUT2D eigenvalue weighted by Crippen LogP contribution is -2.37. The van der Waals surface area contributed by atoms with Gasteiger partial charge in [-0.15, -0.1) is 0 Å². The Morgan fingerprint density at radius 2 is 0.456 bits per heavy atom. The Bertz CT molecular complexity index is 4070. The Morgan fingerprint density at radius 1 is 0.250 bits per heavy atom. The molecular formula is C52H24F4N4O8. The van der Waals surface area contributed by atoms with Gasteiger partial charge in [0.05, 0.1) is 22.3 Å². The topological polar surface area (TPSA) is 150 Å². The van der Waals surface area contributed by atoms with E-state index in [2.05, 4.69) is 0 Å². The number of hydrogen-bond donors (Lipinski definition) is 0. The molecule has 0 unspecified atom stereocenters. The van der Waals surface area contributed by atoms with Gasteiger partial charge in [0.1, 0.15) is 23.3 Å². The van der Waals surface area contributed by atoms with Crippen molar-refractivity contribution in [3.63, 3.8) is 0 Å². The van der Waals surface area contributed by atoms with Crippen LogP contribution >= 0.6 is 0 Å². The largest absolute Gasteiger partial charge is 0.277 e. The molecule has 16 heteroatoms. The normalized spacial score (nSPS) is 15.8. The number of nitrogens with zero attached hydrogens (tertiary/aromatic N) is 4. The first kappa shape index (κ1) is 39.4. The second-order valence-electron chi connectivity index (χ2n) is 17.4. The van der Waals surface area contributed by atoms with E-state index in [0.29, 0.717) is 32.3 Å². The summed E-state index contributed by atoms with van der Waals surface area (Å²) in [4.78, 5) is 106. The van der Waals surface area contributed by atoms with Gasteiger partial charge >= 0.3 is 0 Å². The Morgan fingerprint density at radius 3 is 0.735 bits per heavy atom. The molecule has 0 bridgehead atoms. The van der Waals surface area contributed by atoms with Crippen LogP contribution in [-0.4, -0.2) is 95.0 Å². The number of fused-ring (bicyclic) bond motifs is 4. The first-order chi connectivity index (χ1) is 32.4. The van der Waals surface area contributed by atoms with Crippen molar-refractivity contribution in [1.29, 1.82) is 0 Å². The number of benzene rings is 10. The van der Waals surface area contributed by atoms with Gasteiger partial charge in [0.25, 0.3) is 47.3 Å². The molecule has 0 N–H and O–H groups in total. The summed E-state index contributed by atoms with van der Waals surface area (Å²) < 4.78 is 62.7. The van der Waals surface area contributed by atoms with E-state index in [1.54, 1.807) is 12.1 Å². The van der Waals surface area contributed by atoms with Gasteiger partial charge in [-0.1, -0.05) is 24.3 Å². The van der Waals surface area contributed by atoms with E-state index >= 15 is 17.6 Å². The predicted molar refractivity (Wildman–Crippen MR) is 241 cm³/mol. The monoisotopic (exact) mass is 908 g/mol. The van der Waals surface area contributed by atoms with Crippen LogP contribution in [0.2, 0.25) is 0 Å². The van der Waals surface area contributed by atoms with Crippen molar-refractivity contribution in [2.24, 2.45) is 0 Å². The van der Waals surface area contributed by atoms with Crippen molar-refractivity contribution in [3.8, 4) is 0 Å². The van der Waals surface area contributed by atoms with Gasteiger partial charge in [0.2, 0.25) is 0 Å². The zero-order valence-electron chi connectivity index (χ0n) is 35.5. The van der Waals surface area contributed by atoms with Crippen LogP contribution in [0.4, 0.5) is 17.6 Å². The zero-order chi connectivity index (χ0) is 47.6. The number of carbonyl (C=O) groups is 8. The third-order valence-corrected chi connectivity index (χ3v) is 14.3. The molecule has 68 heavy (non-hydrogen) atoms. The van der Waals surface area contributed by atoms with Crippen molar-refractivity contribution in [1.82, 2.24) is 19.6 Å². The molecule has 8 amide bonds. The molecule has 0 radical (unpaired) electrons. The molecule has 0 spiro atoms. The highest BCUT2D eigenvalue weighted by molar-refractivity contribution is 6.43. The summed E-state index contributed by atoms with van der Waals surface area (Å²) in [6.07, 6.45) is 0. The first-order valence-electron chi connectivity index (χ1n) is 20.9. The van der Waals surface area contributed by atoms with Gasteiger partial charge in [-0.2, -0.15) is 0 Å². The minimum atomic E-state index is -0.756. The molecule has 0 saturated carbocycles. The molecule has 10 aromatic rings. The van der Waals surface area contributed by atoms with E-state index in [4.69, 9.17) is 0 Å². The maximum atomic E-state index is 15.7. The van der Waals surface area contributed by atoms with Crippen molar-refractivity contribution in [3.05, 3.63) is 141 Å². The molecule has 4 heterocycles. The molecule has 0 saturated heterocycles. The van der Waals surface area contributed by atoms with E-state index in [1.807, 2.05) is 0 Å². The van der Waals surface area contributed by atoms with Gasteiger partial charge in [0.15, 0.2) is 0 Å². The zero-order valence-corrected chi connectivity index (χ0v) is 35.5. The molecule has 328 valence electrons. The number of halogens is 4. The van der Waals surface area contributed by atoms with Gasteiger partial charge < -0.3 is 0 Å². The molecule has 4 aliphatic rings. The van der Waals surface area contributed by atoms with E-state index in [1.165, 1.54) is 64.6 Å². The summed E-state index contributed by atoms with van der Waals surface area (Å²) in [5.41, 5.74) is 0.982. The minimum absolute atomic E-state index is 0.0179. The first-order valence-corrected chi connectivity index (χ1v) is 20.9. The van der Waals surface area contributed by atoms with Crippen LogP contribution in [0.15, 0.2) is 72.8 Å². The minimum Gasteiger partial charge on any atom is -0.277 e. The number of imide groups is 4. The lowest BCUT2D eigenvalue weighted by Gasteiger charge is -2.28. The Balaban J connectivity index is 0.000000134. The lowest BCUT2D eigenvalue weighted by atomic mass is 9.82. The number of rotatable bonds is 0. The molecule has 14 rings (SSSR count). The predicted octanol–water partition coefficient (Wildman–Crippen LogP) is 8.93. The van der Waals surface area contributed by atoms with Crippen molar-refractivity contribution >= 4 is 133 Å². The Labute approximate surface area is 376 Å². The van der Waals surface area contributed by atoms with Crippen LogP contribution in [0.5, 0.6) is 0 Å². The van der Waals surface area contributed by atoms with Crippen LogP contribution in [0.3, 0.4) is 0 Å². The molecule has 0 fully saturated rings. The summed E-state index contributed by atoms with van der Waals surface area (Å²) in [5, 5.41) is 3.77. The number of carbonyl (C=O) groups excluding carboxylic acids is 8. The lowest BCUT2D eigenvalue weighted by molar-refractivity contribution is 0.0635. The summed E-state index contributed by atoms with van der Waals surface area (Å²) in [6.45, 7) is 0. The third kappa shape index (κ3) is 4.35. The van der Waals surface area contributed by atoms with Crippen LogP contribution < -0.4 is 0 Å². The van der Waals surface area contributed by atoms with Crippen LogP contribution in [0.25, 0.3) is 86.2 Å². The molecule has 0 aromatic heterocycles. The summed E-state index contributed by atoms with van der Waals surface area (Å²) >= 11 is 0. The highest BCUT2D eigenvalue weighted by Gasteiger charge is 2.39. The summed E-state index contributed by atoms with van der Waals surface area (Å²) in [5.74, 6) is -7.63. The second-order valence-corrected chi connectivity index (χ2v) is 17.4. The van der Waals surface area contributed by atoms with Crippen molar-refractivity contribution in [2.45, 2.75) is 0 Å². The standard InChI is InChI=1S/2C26H12F2N2O4/c1-29-23(31)11-5-3-9-20-16(28)8-14-18-12(24(32)30(2)26(14)34)6-4-10(22(18)20)19-15(27)7-13(25(29)33)17(11)21(9)19;1-29-23(31)11-5-3-9-17-10(4-6-12(18(11)17)24(29)32)21-16(28)8-14-19-13(25(33)30(2)26(14)34)7-15(27)20(9)22(19)21/h2*3-8H,1-2H3. The molecular weight excluding hydrogens is 885 g/mol. The highest BCUT2D eigenvalue weighted by Crippen LogP contribution is 2.50. The van der Waals surface area contributed by atoms with Gasteiger partial charge in [-0.3, -0.25) is 58.0 Å². The fourth-order valence-electron chi connectivity index (χ4n) is 11.2. The highest BCUT2D eigenvalue weighted by atomic mass is 19.1. The molecule has 0 atom stereocenters. The Kier molecular flexibility index (Phi) is 7.25. The van der Waals surface area contributed by atoms with E-state index in [-0.39, 0.29) is 98.4 Å². The van der Waals surface area contributed by atoms with E-state index < -0.39 is 70.5 Å². The average molecular weight is 909 g/mol. The van der Waals surface area contributed by atoms with Crippen molar-refractivity contribution in [2.75, 3.05) is 28.2 Å². The maximum Gasteiger partial charge on any atom is 0.261 e. The van der Waals surface area contributed by atoms with Gasteiger partial charge in [-0.05, 0) is 75.5 Å². The Hall–Kier alpha value is -8.92. The van der Waals surface area contributed by atoms with Crippen molar-refractivity contribution < 1.29 is 55.9 Å². The van der Waals surface area contributed by atoms with Gasteiger partial charge in [0, 0.05) is 110 Å². The number of hydrogen-bond acceptors (Lipinski definition) is 8. The molecule has 0 aliphatic carbocycles. The van der Waals surface area contributed by atoms with E-state index in [0.717, 1.165) is 43.9 Å². The summed E-state index contributed by atoms with van der Waals surface area (Å²) in [6, 6.07) is 16.6. The van der Waals surface area contributed by atoms with Crippen LogP contribution in [0.1, 0.15) is 82.9 Å². The average Bonchev–Trinajstić information content (AvgIpc) is 3.33. The molecule has 12 nitrogen and oxygen atoms in total. The fraction of sp³-hybridized carbons (Fsp3) is 0.0769. The third-order valence-electron chi connectivity index (χ3n) is 14.3. The molecule has 10 aromatic carbocycles. The van der Waals surface area contributed by atoms with Crippen LogP contribution in [0, 0.1) is 23.3 Å². The smallest absolute Gasteiger partial charge is 0.261 e. The fourth-order valence-corrected chi connectivity index (χ4v) is 11.2. The molecule has 4 aliphatic heterocycles. The number of amides is 8. The van der Waals surface area contributed by atoms with E-state index in [9.17, 15) is 38.4 Å². The quantitative estimate of drug-likeness (QED) is 0.0634. The second kappa shape index (κ2) is 12.5. The SMILES string of the molecule is CN1C(=O)c2ccc3c4c(F)cc5c6c(cc(F)c(c7ccc(c2c37)C1=O)c64)C(=O)N(C)C5=O.CN1C(=O)c2ccc3c4c(F)cc5c6c(ccc(c7c(F)cc(c2c37)C1=O)c64)C(=O)N(C)C5=O. The van der Waals surface area contributed by atoms with Gasteiger partial charge in [-0.25, -0.2) is 17.6 Å². The van der Waals surface area contributed by atoms with Crippen LogP contribution in [-0.2, 0) is 0 Å². The maximum absolute atomic E-state index is 15.7. The summed E-state index contributed by atoms with van der Waals surface area (Å²) in [7, 11) is 5.31.